The van der Waals surface area contributed by atoms with Crippen molar-refractivity contribution in [2.45, 2.75) is 19.9 Å². The lowest BCUT2D eigenvalue weighted by atomic mass is 10.3. The fourth-order valence-corrected chi connectivity index (χ4v) is 2.86. The molecular formula is C18H16ClFN8O. The van der Waals surface area contributed by atoms with E-state index >= 15 is 0 Å². The van der Waals surface area contributed by atoms with Crippen molar-refractivity contribution in [1.29, 1.82) is 0 Å². The van der Waals surface area contributed by atoms with E-state index in [9.17, 15) is 9.18 Å². The first-order valence-electron chi connectivity index (χ1n) is 8.69. The molecule has 4 heterocycles. The second-order valence-corrected chi connectivity index (χ2v) is 6.86. The topological polar surface area (TPSA) is 102 Å². The van der Waals surface area contributed by atoms with Gasteiger partial charge in [0.25, 0.3) is 5.91 Å². The van der Waals surface area contributed by atoms with E-state index in [1.807, 2.05) is 26.1 Å². The SMILES string of the molecule is CC(C)n1ccc(Nc2cc(Cl)nn3c(C(=O)Nc4ccncc4F)cnc23)n1. The number of carbonyl (C=O) groups is 1. The van der Waals surface area contributed by atoms with Crippen LogP contribution in [-0.2, 0) is 0 Å². The number of halogens is 2. The number of pyridine rings is 1. The van der Waals surface area contributed by atoms with Gasteiger partial charge in [-0.25, -0.2) is 13.9 Å². The summed E-state index contributed by atoms with van der Waals surface area (Å²) in [5, 5.41) is 14.3. The summed E-state index contributed by atoms with van der Waals surface area (Å²) in [6.45, 7) is 4.03. The highest BCUT2D eigenvalue weighted by molar-refractivity contribution is 6.29. The number of aromatic nitrogens is 6. The van der Waals surface area contributed by atoms with Crippen molar-refractivity contribution in [1.82, 2.24) is 29.4 Å². The first kappa shape index (κ1) is 18.8. The molecule has 0 aliphatic heterocycles. The maximum Gasteiger partial charge on any atom is 0.276 e. The van der Waals surface area contributed by atoms with Crippen LogP contribution in [0.2, 0.25) is 5.15 Å². The van der Waals surface area contributed by atoms with Gasteiger partial charge in [-0.3, -0.25) is 14.5 Å². The lowest BCUT2D eigenvalue weighted by Gasteiger charge is -2.08. The molecule has 0 radical (unpaired) electrons. The van der Waals surface area contributed by atoms with Crippen LogP contribution >= 0.6 is 11.6 Å². The van der Waals surface area contributed by atoms with Crippen LogP contribution in [0.25, 0.3) is 5.65 Å². The molecule has 9 nitrogen and oxygen atoms in total. The van der Waals surface area contributed by atoms with Crippen LogP contribution in [0.5, 0.6) is 0 Å². The predicted octanol–water partition coefficient (Wildman–Crippen LogP) is 3.69. The molecule has 11 heteroatoms. The third kappa shape index (κ3) is 3.74. The normalized spacial score (nSPS) is 11.2. The number of nitrogens with one attached hydrogen (secondary N) is 2. The van der Waals surface area contributed by atoms with E-state index in [1.54, 1.807) is 10.7 Å². The Kier molecular flexibility index (Phi) is 4.85. The number of rotatable bonds is 5. The summed E-state index contributed by atoms with van der Waals surface area (Å²) in [6.07, 6.45) is 5.57. The lowest BCUT2D eigenvalue weighted by molar-refractivity contribution is 0.102. The number of anilines is 3. The van der Waals surface area contributed by atoms with Gasteiger partial charge in [0.15, 0.2) is 28.1 Å². The van der Waals surface area contributed by atoms with Crippen LogP contribution in [-0.4, -0.2) is 35.3 Å². The fourth-order valence-electron chi connectivity index (χ4n) is 2.68. The van der Waals surface area contributed by atoms with Gasteiger partial charge in [0.2, 0.25) is 0 Å². The molecule has 0 aliphatic rings. The van der Waals surface area contributed by atoms with Crippen LogP contribution in [0.3, 0.4) is 0 Å². The summed E-state index contributed by atoms with van der Waals surface area (Å²) in [6, 6.07) is 4.97. The molecule has 4 rings (SSSR count). The molecule has 1 amide bonds. The molecule has 0 fully saturated rings. The van der Waals surface area contributed by atoms with Gasteiger partial charge < -0.3 is 10.6 Å². The Bertz CT molecular complexity index is 1200. The van der Waals surface area contributed by atoms with E-state index in [4.69, 9.17) is 11.6 Å². The van der Waals surface area contributed by atoms with Gasteiger partial charge in [-0.15, -0.1) is 0 Å². The van der Waals surface area contributed by atoms with Crippen molar-refractivity contribution in [3.05, 3.63) is 59.7 Å². The highest BCUT2D eigenvalue weighted by Crippen LogP contribution is 2.24. The van der Waals surface area contributed by atoms with E-state index in [0.29, 0.717) is 17.2 Å². The van der Waals surface area contributed by atoms with Crippen molar-refractivity contribution in [2.75, 3.05) is 10.6 Å². The largest absolute Gasteiger partial charge is 0.336 e. The molecule has 0 aliphatic carbocycles. The summed E-state index contributed by atoms with van der Waals surface area (Å²) < 4.78 is 16.9. The van der Waals surface area contributed by atoms with Crippen LogP contribution in [0.1, 0.15) is 30.4 Å². The molecule has 2 N–H and O–H groups in total. The Balaban J connectivity index is 1.67. The average molecular weight is 415 g/mol. The monoisotopic (exact) mass is 414 g/mol. The standard InChI is InChI=1S/C18H16ClFN8O/c1-10(2)27-6-4-16(26-27)23-13-7-15(19)25-28-14(9-22-17(13)28)18(29)24-12-3-5-21-8-11(12)20/h3-10H,1-2H3,(H,23,26)(H,21,24,29). The Hall–Kier alpha value is -3.53. The van der Waals surface area contributed by atoms with Crippen LogP contribution in [0.4, 0.5) is 21.6 Å². The van der Waals surface area contributed by atoms with Crippen LogP contribution in [0, 0.1) is 5.82 Å². The summed E-state index contributed by atoms with van der Waals surface area (Å²) in [7, 11) is 0. The first-order valence-corrected chi connectivity index (χ1v) is 9.07. The molecule has 148 valence electrons. The van der Waals surface area contributed by atoms with E-state index in [1.165, 1.54) is 23.0 Å². The minimum atomic E-state index is -0.649. The van der Waals surface area contributed by atoms with Gasteiger partial charge in [0, 0.05) is 30.6 Å². The van der Waals surface area contributed by atoms with Gasteiger partial charge in [-0.1, -0.05) is 11.6 Å². The van der Waals surface area contributed by atoms with Gasteiger partial charge in [-0.2, -0.15) is 10.2 Å². The quantitative estimate of drug-likeness (QED) is 0.516. The summed E-state index contributed by atoms with van der Waals surface area (Å²) in [4.78, 5) is 20.5. The second kappa shape index (κ2) is 7.47. The van der Waals surface area contributed by atoms with Crippen molar-refractivity contribution in [2.24, 2.45) is 0 Å². The number of carbonyl (C=O) groups excluding carboxylic acids is 1. The summed E-state index contributed by atoms with van der Waals surface area (Å²) in [5.41, 5.74) is 0.982. The smallest absolute Gasteiger partial charge is 0.276 e. The number of hydrogen-bond donors (Lipinski definition) is 2. The molecule has 0 unspecified atom stereocenters. The molecule has 0 saturated carbocycles. The number of hydrogen-bond acceptors (Lipinski definition) is 6. The summed E-state index contributed by atoms with van der Waals surface area (Å²) in [5.74, 6) is -0.646. The van der Waals surface area contributed by atoms with Gasteiger partial charge >= 0.3 is 0 Å². The molecule has 4 aromatic heterocycles. The molecule has 0 aromatic carbocycles. The van der Waals surface area contributed by atoms with Gasteiger partial charge in [-0.05, 0) is 19.9 Å². The highest BCUT2D eigenvalue weighted by Gasteiger charge is 2.18. The molecule has 4 aromatic rings. The maximum absolute atomic E-state index is 13.8. The Labute approximate surface area is 169 Å². The Morgan fingerprint density at radius 1 is 1.21 bits per heavy atom. The molecule has 29 heavy (non-hydrogen) atoms. The average Bonchev–Trinajstić information content (AvgIpc) is 3.30. The third-order valence-corrected chi connectivity index (χ3v) is 4.28. The number of fused-ring (bicyclic) bond motifs is 1. The highest BCUT2D eigenvalue weighted by atomic mass is 35.5. The maximum atomic E-state index is 13.8. The molecule has 0 spiro atoms. The number of nitrogens with zero attached hydrogens (tertiary/aromatic N) is 6. The molecule has 0 saturated heterocycles. The zero-order chi connectivity index (χ0) is 20.5. The van der Waals surface area contributed by atoms with Crippen LogP contribution in [0.15, 0.2) is 43.0 Å². The van der Waals surface area contributed by atoms with E-state index in [0.717, 1.165) is 6.20 Å². The zero-order valence-corrected chi connectivity index (χ0v) is 16.2. The number of imidazole rings is 1. The summed E-state index contributed by atoms with van der Waals surface area (Å²) >= 11 is 6.14. The Morgan fingerprint density at radius 3 is 2.76 bits per heavy atom. The van der Waals surface area contributed by atoms with E-state index in [2.05, 4.69) is 30.8 Å². The van der Waals surface area contributed by atoms with Crippen molar-refractivity contribution < 1.29 is 9.18 Å². The minimum Gasteiger partial charge on any atom is -0.336 e. The number of amides is 1. The molecule has 0 bridgehead atoms. The molecular weight excluding hydrogens is 399 g/mol. The van der Waals surface area contributed by atoms with Gasteiger partial charge in [0.1, 0.15) is 0 Å². The van der Waals surface area contributed by atoms with E-state index in [-0.39, 0.29) is 22.6 Å². The third-order valence-electron chi connectivity index (χ3n) is 4.09. The Morgan fingerprint density at radius 2 is 2.03 bits per heavy atom. The van der Waals surface area contributed by atoms with Crippen molar-refractivity contribution in [3.8, 4) is 0 Å². The lowest BCUT2D eigenvalue weighted by Crippen LogP contribution is -2.16. The first-order chi connectivity index (χ1) is 13.9. The van der Waals surface area contributed by atoms with Gasteiger partial charge in [0.05, 0.1) is 23.8 Å². The zero-order valence-electron chi connectivity index (χ0n) is 15.5. The minimum absolute atomic E-state index is 0.000415. The van der Waals surface area contributed by atoms with Crippen LogP contribution < -0.4 is 10.6 Å². The van der Waals surface area contributed by atoms with Crippen molar-refractivity contribution >= 4 is 40.3 Å². The second-order valence-electron chi connectivity index (χ2n) is 6.47. The fraction of sp³-hybridized carbons (Fsp3) is 0.167. The predicted molar refractivity (Wildman–Crippen MR) is 106 cm³/mol. The van der Waals surface area contributed by atoms with E-state index < -0.39 is 11.7 Å². The molecule has 0 atom stereocenters. The van der Waals surface area contributed by atoms with Crippen molar-refractivity contribution in [3.63, 3.8) is 0 Å².